The summed E-state index contributed by atoms with van der Waals surface area (Å²) in [7, 11) is -3.52. The van der Waals surface area contributed by atoms with Gasteiger partial charge in [0.1, 0.15) is 0 Å². The molecule has 0 saturated carbocycles. The van der Waals surface area contributed by atoms with Gasteiger partial charge in [0, 0.05) is 19.1 Å². The molecule has 5 nitrogen and oxygen atoms in total. The zero-order chi connectivity index (χ0) is 16.3. The molecule has 1 amide bonds. The van der Waals surface area contributed by atoms with Gasteiger partial charge in [-0.2, -0.15) is 4.31 Å². The molecule has 1 aliphatic heterocycles. The van der Waals surface area contributed by atoms with Crippen LogP contribution in [-0.4, -0.2) is 37.8 Å². The number of amides is 1. The summed E-state index contributed by atoms with van der Waals surface area (Å²) in [5.74, 6) is -0.324. The molecule has 0 aliphatic carbocycles. The lowest BCUT2D eigenvalue weighted by Crippen LogP contribution is -2.46. The predicted octanol–water partition coefficient (Wildman–Crippen LogP) is 1.92. The van der Waals surface area contributed by atoms with Gasteiger partial charge in [-0.05, 0) is 45.7 Å². The number of carbonyl (C=O) groups excluding carboxylic acids is 1. The second-order valence-electron chi connectivity index (χ2n) is 6.18. The van der Waals surface area contributed by atoms with Crippen LogP contribution in [0.4, 0.5) is 0 Å². The number of piperidine rings is 1. The Kier molecular flexibility index (Phi) is 5.24. The van der Waals surface area contributed by atoms with Crippen LogP contribution in [0.25, 0.3) is 0 Å². The van der Waals surface area contributed by atoms with Gasteiger partial charge < -0.3 is 5.32 Å². The van der Waals surface area contributed by atoms with Crippen molar-refractivity contribution in [3.63, 3.8) is 0 Å². The highest BCUT2D eigenvalue weighted by Gasteiger charge is 2.33. The van der Waals surface area contributed by atoms with Crippen LogP contribution in [0.3, 0.4) is 0 Å². The number of aryl methyl sites for hydroxylation is 1. The first-order valence-corrected chi connectivity index (χ1v) is 9.12. The normalized spacial score (nSPS) is 20.1. The van der Waals surface area contributed by atoms with Crippen LogP contribution >= 0.6 is 0 Å². The number of benzene rings is 1. The Bertz CT molecular complexity index is 623. The second kappa shape index (κ2) is 6.79. The first-order chi connectivity index (χ1) is 10.3. The summed E-state index contributed by atoms with van der Waals surface area (Å²) in [5, 5.41) is 2.87. The van der Waals surface area contributed by atoms with Gasteiger partial charge in [-0.25, -0.2) is 8.42 Å². The first-order valence-electron chi connectivity index (χ1n) is 7.68. The van der Waals surface area contributed by atoms with Crippen molar-refractivity contribution in [2.45, 2.75) is 44.6 Å². The molecule has 1 aliphatic rings. The summed E-state index contributed by atoms with van der Waals surface area (Å²) in [4.78, 5) is 12.4. The fourth-order valence-electron chi connectivity index (χ4n) is 2.64. The Hall–Kier alpha value is -1.40. The van der Waals surface area contributed by atoms with Crippen LogP contribution in [0.2, 0.25) is 0 Å². The average molecular weight is 324 g/mol. The van der Waals surface area contributed by atoms with E-state index in [1.54, 1.807) is 24.3 Å². The topological polar surface area (TPSA) is 66.5 Å². The molecular formula is C16H24N2O3S. The average Bonchev–Trinajstić information content (AvgIpc) is 2.47. The van der Waals surface area contributed by atoms with Crippen molar-refractivity contribution in [3.05, 3.63) is 29.8 Å². The molecule has 6 heteroatoms. The number of nitrogens with zero attached hydrogens (tertiary/aromatic N) is 1. The molecule has 1 unspecified atom stereocenters. The van der Waals surface area contributed by atoms with Gasteiger partial charge >= 0.3 is 0 Å². The van der Waals surface area contributed by atoms with Gasteiger partial charge in [-0.15, -0.1) is 0 Å². The molecule has 1 heterocycles. The van der Waals surface area contributed by atoms with Crippen molar-refractivity contribution >= 4 is 15.9 Å². The lowest BCUT2D eigenvalue weighted by atomic mass is 9.98. The Morgan fingerprint density at radius 1 is 1.27 bits per heavy atom. The molecule has 0 aromatic heterocycles. The Morgan fingerprint density at radius 3 is 2.50 bits per heavy atom. The van der Waals surface area contributed by atoms with Gasteiger partial charge in [0.05, 0.1) is 10.8 Å². The van der Waals surface area contributed by atoms with Crippen LogP contribution in [0.1, 0.15) is 32.3 Å². The third-order valence-electron chi connectivity index (χ3n) is 3.84. The SMILES string of the molecule is Cc1ccc(S(=O)(=O)N2CCCC(C(=O)NC(C)C)C2)cc1. The van der Waals surface area contributed by atoms with Crippen LogP contribution < -0.4 is 5.32 Å². The van der Waals surface area contributed by atoms with Crippen LogP contribution in [0.15, 0.2) is 29.2 Å². The van der Waals surface area contributed by atoms with E-state index in [0.29, 0.717) is 17.9 Å². The molecule has 1 aromatic rings. The molecule has 1 N–H and O–H groups in total. The lowest BCUT2D eigenvalue weighted by Gasteiger charge is -2.31. The van der Waals surface area contributed by atoms with E-state index < -0.39 is 10.0 Å². The zero-order valence-electron chi connectivity index (χ0n) is 13.4. The van der Waals surface area contributed by atoms with E-state index >= 15 is 0 Å². The first kappa shape index (κ1) is 17.0. The van der Waals surface area contributed by atoms with Gasteiger partial charge in [-0.3, -0.25) is 4.79 Å². The van der Waals surface area contributed by atoms with Crippen LogP contribution in [-0.2, 0) is 14.8 Å². The molecule has 2 rings (SSSR count). The fraction of sp³-hybridized carbons (Fsp3) is 0.562. The van der Waals surface area contributed by atoms with Gasteiger partial charge in [-0.1, -0.05) is 17.7 Å². The fourth-order valence-corrected chi connectivity index (χ4v) is 4.16. The molecular weight excluding hydrogens is 300 g/mol. The quantitative estimate of drug-likeness (QED) is 0.920. The molecule has 1 aromatic carbocycles. The largest absolute Gasteiger partial charge is 0.354 e. The molecule has 1 saturated heterocycles. The van der Waals surface area contributed by atoms with E-state index in [9.17, 15) is 13.2 Å². The van der Waals surface area contributed by atoms with Crippen molar-refractivity contribution in [3.8, 4) is 0 Å². The smallest absolute Gasteiger partial charge is 0.243 e. The van der Waals surface area contributed by atoms with E-state index in [1.807, 2.05) is 20.8 Å². The van der Waals surface area contributed by atoms with Crippen LogP contribution in [0, 0.1) is 12.8 Å². The molecule has 122 valence electrons. The molecule has 0 spiro atoms. The number of sulfonamides is 1. The Labute approximate surface area is 132 Å². The maximum atomic E-state index is 12.7. The minimum absolute atomic E-state index is 0.0567. The summed E-state index contributed by atoms with van der Waals surface area (Å²) < 4.78 is 26.8. The van der Waals surface area contributed by atoms with E-state index in [-0.39, 0.29) is 24.4 Å². The van der Waals surface area contributed by atoms with Crippen molar-refractivity contribution in [1.82, 2.24) is 9.62 Å². The van der Waals surface area contributed by atoms with Gasteiger partial charge in [0.2, 0.25) is 15.9 Å². The Balaban J connectivity index is 2.14. The van der Waals surface area contributed by atoms with Gasteiger partial charge in [0.15, 0.2) is 0 Å². The monoisotopic (exact) mass is 324 g/mol. The van der Waals surface area contributed by atoms with Gasteiger partial charge in [0.25, 0.3) is 0 Å². The maximum absolute atomic E-state index is 12.7. The summed E-state index contributed by atoms with van der Waals surface area (Å²) in [6, 6.07) is 6.90. The predicted molar refractivity (Wildman–Crippen MR) is 85.9 cm³/mol. The second-order valence-corrected chi connectivity index (χ2v) is 8.12. The minimum Gasteiger partial charge on any atom is -0.354 e. The van der Waals surface area contributed by atoms with E-state index in [4.69, 9.17) is 0 Å². The van der Waals surface area contributed by atoms with Crippen LogP contribution in [0.5, 0.6) is 0 Å². The summed E-state index contributed by atoms with van der Waals surface area (Å²) in [6.45, 7) is 6.46. The number of rotatable bonds is 4. The van der Waals surface area contributed by atoms with Crippen molar-refractivity contribution in [2.24, 2.45) is 5.92 Å². The molecule has 22 heavy (non-hydrogen) atoms. The molecule has 0 radical (unpaired) electrons. The molecule has 1 fully saturated rings. The lowest BCUT2D eigenvalue weighted by molar-refractivity contribution is -0.126. The number of carbonyl (C=O) groups is 1. The number of nitrogens with one attached hydrogen (secondary N) is 1. The highest BCUT2D eigenvalue weighted by atomic mass is 32.2. The van der Waals surface area contributed by atoms with E-state index in [1.165, 1.54) is 4.31 Å². The highest BCUT2D eigenvalue weighted by molar-refractivity contribution is 7.89. The Morgan fingerprint density at radius 2 is 1.91 bits per heavy atom. The number of hydrogen-bond donors (Lipinski definition) is 1. The number of hydrogen-bond acceptors (Lipinski definition) is 3. The van der Waals surface area contributed by atoms with Crippen molar-refractivity contribution < 1.29 is 13.2 Å². The highest BCUT2D eigenvalue weighted by Crippen LogP contribution is 2.24. The standard InChI is InChI=1S/C16H24N2O3S/c1-12(2)17-16(19)14-5-4-10-18(11-14)22(20,21)15-8-6-13(3)7-9-15/h6-9,12,14H,4-5,10-11H2,1-3H3,(H,17,19). The minimum atomic E-state index is -3.52. The third-order valence-corrected chi connectivity index (χ3v) is 5.72. The summed E-state index contributed by atoms with van der Waals surface area (Å²) in [6.07, 6.45) is 1.44. The summed E-state index contributed by atoms with van der Waals surface area (Å²) in [5.41, 5.74) is 1.02. The van der Waals surface area contributed by atoms with E-state index in [2.05, 4.69) is 5.32 Å². The molecule has 1 atom stereocenters. The maximum Gasteiger partial charge on any atom is 0.243 e. The van der Waals surface area contributed by atoms with Crippen molar-refractivity contribution in [2.75, 3.05) is 13.1 Å². The summed E-state index contributed by atoms with van der Waals surface area (Å²) >= 11 is 0. The van der Waals surface area contributed by atoms with Crippen molar-refractivity contribution in [1.29, 1.82) is 0 Å². The molecule has 0 bridgehead atoms. The zero-order valence-corrected chi connectivity index (χ0v) is 14.2. The third kappa shape index (κ3) is 3.87. The van der Waals surface area contributed by atoms with E-state index in [0.717, 1.165) is 12.0 Å².